The fourth-order valence-corrected chi connectivity index (χ4v) is 2.69. The third-order valence-electron chi connectivity index (χ3n) is 3.83. The van der Waals surface area contributed by atoms with E-state index in [1.807, 2.05) is 25.8 Å². The lowest BCUT2D eigenvalue weighted by Crippen LogP contribution is -3.11. The average molecular weight is 335 g/mol. The lowest BCUT2D eigenvalue weighted by atomic mass is 10.3. The van der Waals surface area contributed by atoms with Gasteiger partial charge in [-0.2, -0.15) is 0 Å². The summed E-state index contributed by atoms with van der Waals surface area (Å²) in [7, 11) is 1.87. The van der Waals surface area contributed by atoms with Crippen LogP contribution in [-0.4, -0.2) is 79.0 Å². The molecule has 8 heteroatoms. The van der Waals surface area contributed by atoms with Gasteiger partial charge in [0.15, 0.2) is 13.1 Å². The highest BCUT2D eigenvalue weighted by atomic mass is 16.2. The van der Waals surface area contributed by atoms with E-state index in [0.29, 0.717) is 32.1 Å². The molecule has 1 aliphatic rings. The van der Waals surface area contributed by atoms with E-state index in [2.05, 4.69) is 20.2 Å². The Bertz CT molecular complexity index is 543. The third-order valence-corrected chi connectivity index (χ3v) is 3.83. The molecule has 1 aromatic heterocycles. The van der Waals surface area contributed by atoms with Gasteiger partial charge in [-0.1, -0.05) is 0 Å². The normalized spacial score (nSPS) is 16.2. The van der Waals surface area contributed by atoms with Crippen LogP contribution >= 0.6 is 0 Å². The molecule has 0 bridgehead atoms. The molecule has 8 nitrogen and oxygen atoms in total. The van der Waals surface area contributed by atoms with Crippen molar-refractivity contribution in [3.8, 4) is 0 Å². The summed E-state index contributed by atoms with van der Waals surface area (Å²) in [5.74, 6) is 0.762. The number of likely N-dealkylation sites (N-methyl/N-ethyl adjacent to an activating group) is 1. The minimum atomic E-state index is -0.0265. The van der Waals surface area contributed by atoms with Crippen molar-refractivity contribution in [3.05, 3.63) is 18.5 Å². The summed E-state index contributed by atoms with van der Waals surface area (Å²) < 4.78 is 0. The second-order valence-corrected chi connectivity index (χ2v) is 6.45. The van der Waals surface area contributed by atoms with Gasteiger partial charge in [0.2, 0.25) is 5.95 Å². The van der Waals surface area contributed by atoms with Gasteiger partial charge in [0.1, 0.15) is 0 Å². The highest BCUT2D eigenvalue weighted by Crippen LogP contribution is 2.09. The maximum Gasteiger partial charge on any atom is 0.277 e. The van der Waals surface area contributed by atoms with Gasteiger partial charge in [0, 0.05) is 44.6 Å². The number of aromatic nitrogens is 2. The van der Waals surface area contributed by atoms with Crippen molar-refractivity contribution in [3.63, 3.8) is 0 Å². The van der Waals surface area contributed by atoms with Crippen molar-refractivity contribution >= 4 is 17.8 Å². The molecule has 2 N–H and O–H groups in total. The van der Waals surface area contributed by atoms with E-state index in [9.17, 15) is 9.59 Å². The second kappa shape index (κ2) is 8.58. The van der Waals surface area contributed by atoms with Crippen LogP contribution < -0.4 is 15.1 Å². The van der Waals surface area contributed by atoms with Crippen molar-refractivity contribution in [2.24, 2.45) is 0 Å². The van der Waals surface area contributed by atoms with Crippen LogP contribution in [0.3, 0.4) is 0 Å². The average Bonchev–Trinajstić information content (AvgIpc) is 2.54. The first kappa shape index (κ1) is 18.1. The largest absolute Gasteiger partial charge is 0.349 e. The maximum absolute atomic E-state index is 12.4. The number of carbonyl (C=O) groups excluding carboxylic acids is 2. The number of amides is 2. The minimum absolute atomic E-state index is 0.0265. The second-order valence-electron chi connectivity index (χ2n) is 6.45. The van der Waals surface area contributed by atoms with Crippen LogP contribution in [0.15, 0.2) is 18.5 Å². The number of anilines is 1. The Balaban J connectivity index is 1.75. The molecule has 0 aliphatic carbocycles. The molecule has 132 valence electrons. The molecule has 1 atom stereocenters. The number of quaternary nitrogens is 1. The highest BCUT2D eigenvalue weighted by Gasteiger charge is 2.25. The fraction of sp³-hybridized carbons (Fsp3) is 0.625. The summed E-state index contributed by atoms with van der Waals surface area (Å²) in [6.45, 7) is 7.24. The van der Waals surface area contributed by atoms with Crippen molar-refractivity contribution in [2.75, 3.05) is 51.2 Å². The van der Waals surface area contributed by atoms with Gasteiger partial charge < -0.3 is 20.0 Å². The Morgan fingerprint density at radius 2 is 1.79 bits per heavy atom. The van der Waals surface area contributed by atoms with E-state index in [1.165, 1.54) is 0 Å². The number of nitrogens with zero attached hydrogens (tertiary/aromatic N) is 4. The molecule has 0 spiro atoms. The SMILES string of the molecule is CC(C)NC(=O)C[NH+](C)CC(=O)N1CCN(c2ncccn2)CC1. The monoisotopic (exact) mass is 335 g/mol. The summed E-state index contributed by atoms with van der Waals surface area (Å²) in [5, 5.41) is 2.85. The fourth-order valence-electron chi connectivity index (χ4n) is 2.69. The van der Waals surface area contributed by atoms with Crippen LogP contribution in [0, 0.1) is 0 Å². The van der Waals surface area contributed by atoms with E-state index >= 15 is 0 Å². The molecule has 2 amide bonds. The van der Waals surface area contributed by atoms with Crippen LogP contribution in [0.4, 0.5) is 5.95 Å². The Kier molecular flexibility index (Phi) is 6.48. The standard InChI is InChI=1S/C16H26N6O2/c1-13(2)19-14(23)11-20(3)12-15(24)21-7-9-22(10-8-21)16-17-5-4-6-18-16/h4-6,13H,7-12H2,1-3H3,(H,19,23)/p+1. The Hall–Kier alpha value is -2.22. The molecule has 1 saturated heterocycles. The third kappa shape index (κ3) is 5.45. The van der Waals surface area contributed by atoms with Gasteiger partial charge in [-0.25, -0.2) is 9.97 Å². The Labute approximate surface area is 142 Å². The molecular formula is C16H27N6O2+. The molecule has 2 heterocycles. The first-order valence-electron chi connectivity index (χ1n) is 8.36. The summed E-state index contributed by atoms with van der Waals surface area (Å²) in [4.78, 5) is 37.4. The Morgan fingerprint density at radius 3 is 2.38 bits per heavy atom. The number of carbonyl (C=O) groups is 2. The van der Waals surface area contributed by atoms with Crippen LogP contribution in [-0.2, 0) is 9.59 Å². The number of hydrogen-bond acceptors (Lipinski definition) is 5. The zero-order chi connectivity index (χ0) is 17.5. The topological polar surface area (TPSA) is 82.9 Å². The number of piperazine rings is 1. The molecule has 24 heavy (non-hydrogen) atoms. The quantitative estimate of drug-likeness (QED) is 0.639. The summed E-state index contributed by atoms with van der Waals surface area (Å²) >= 11 is 0. The van der Waals surface area contributed by atoms with E-state index < -0.39 is 0 Å². The van der Waals surface area contributed by atoms with Crippen LogP contribution in [0.25, 0.3) is 0 Å². The zero-order valence-corrected chi connectivity index (χ0v) is 14.7. The number of rotatable bonds is 6. The van der Waals surface area contributed by atoms with Crippen LogP contribution in [0.5, 0.6) is 0 Å². The Morgan fingerprint density at radius 1 is 1.17 bits per heavy atom. The van der Waals surface area contributed by atoms with Crippen molar-refractivity contribution in [1.82, 2.24) is 20.2 Å². The van der Waals surface area contributed by atoms with Gasteiger partial charge >= 0.3 is 0 Å². The van der Waals surface area contributed by atoms with Crippen LogP contribution in [0.2, 0.25) is 0 Å². The molecule has 1 aliphatic heterocycles. The van der Waals surface area contributed by atoms with Gasteiger partial charge in [-0.3, -0.25) is 9.59 Å². The first-order valence-corrected chi connectivity index (χ1v) is 8.36. The smallest absolute Gasteiger partial charge is 0.277 e. The van der Waals surface area contributed by atoms with Gasteiger partial charge in [0.25, 0.3) is 11.8 Å². The van der Waals surface area contributed by atoms with E-state index in [4.69, 9.17) is 0 Å². The highest BCUT2D eigenvalue weighted by molar-refractivity contribution is 5.79. The minimum Gasteiger partial charge on any atom is -0.349 e. The molecule has 1 unspecified atom stereocenters. The van der Waals surface area contributed by atoms with Crippen molar-refractivity contribution in [2.45, 2.75) is 19.9 Å². The summed E-state index contributed by atoms with van der Waals surface area (Å²) in [5.41, 5.74) is 0. The lowest BCUT2D eigenvalue weighted by Gasteiger charge is -2.34. The molecule has 0 aromatic carbocycles. The molecule has 1 fully saturated rings. The van der Waals surface area contributed by atoms with Gasteiger partial charge in [-0.05, 0) is 19.9 Å². The summed E-state index contributed by atoms with van der Waals surface area (Å²) in [6, 6.07) is 1.91. The van der Waals surface area contributed by atoms with Crippen molar-refractivity contribution in [1.29, 1.82) is 0 Å². The summed E-state index contributed by atoms with van der Waals surface area (Å²) in [6.07, 6.45) is 3.45. The zero-order valence-electron chi connectivity index (χ0n) is 14.7. The molecule has 0 radical (unpaired) electrons. The van der Waals surface area contributed by atoms with E-state index in [0.717, 1.165) is 18.0 Å². The molecule has 1 aromatic rings. The van der Waals surface area contributed by atoms with Gasteiger partial charge in [0.05, 0.1) is 7.05 Å². The maximum atomic E-state index is 12.4. The molecule has 0 saturated carbocycles. The predicted octanol–water partition coefficient (Wildman–Crippen LogP) is -1.84. The van der Waals surface area contributed by atoms with E-state index in [-0.39, 0.29) is 17.9 Å². The predicted molar refractivity (Wildman–Crippen MR) is 90.7 cm³/mol. The molecule has 2 rings (SSSR count). The van der Waals surface area contributed by atoms with E-state index in [1.54, 1.807) is 18.5 Å². The van der Waals surface area contributed by atoms with Crippen LogP contribution in [0.1, 0.15) is 13.8 Å². The first-order chi connectivity index (χ1) is 11.5. The molecular weight excluding hydrogens is 308 g/mol. The number of hydrogen-bond donors (Lipinski definition) is 2. The lowest BCUT2D eigenvalue weighted by molar-refractivity contribution is -0.863. The van der Waals surface area contributed by atoms with Gasteiger partial charge in [-0.15, -0.1) is 0 Å². The number of nitrogens with one attached hydrogen (secondary N) is 2. The van der Waals surface area contributed by atoms with Crippen molar-refractivity contribution < 1.29 is 14.5 Å².